The second kappa shape index (κ2) is 14.9. The minimum atomic E-state index is 0. The van der Waals surface area contributed by atoms with Crippen LogP contribution in [-0.2, 0) is 19.5 Å². The van der Waals surface area contributed by atoms with Crippen LogP contribution in [0, 0.1) is 0 Å². The van der Waals surface area contributed by atoms with Gasteiger partial charge in [-0.3, -0.25) is 29.9 Å². The third-order valence-electron chi connectivity index (χ3n) is 7.10. The van der Waals surface area contributed by atoms with Crippen LogP contribution in [0.1, 0.15) is 0 Å². The average molecular weight is 696 g/mol. The monoisotopic (exact) mass is 696 g/mol. The van der Waals surface area contributed by atoms with Crippen molar-refractivity contribution in [1.29, 1.82) is 0 Å². The summed E-state index contributed by atoms with van der Waals surface area (Å²) < 4.78 is 0. The zero-order valence-electron chi connectivity index (χ0n) is 24.9. The first-order valence-electron chi connectivity index (χ1n) is 14.7. The molecule has 8 nitrogen and oxygen atoms in total. The van der Waals surface area contributed by atoms with Crippen LogP contribution in [0.4, 0.5) is 0 Å². The van der Waals surface area contributed by atoms with E-state index in [0.29, 0.717) is 0 Å². The Hall–Kier alpha value is -5.92. The molecule has 9 aromatic rings. The number of rotatable bonds is 2. The molecule has 0 saturated heterocycles. The Labute approximate surface area is 283 Å². The topological polar surface area (TPSA) is 103 Å². The van der Waals surface area contributed by atoms with Crippen molar-refractivity contribution in [1.82, 2.24) is 39.9 Å². The van der Waals surface area contributed by atoms with Gasteiger partial charge in [0.2, 0.25) is 0 Å². The van der Waals surface area contributed by atoms with Gasteiger partial charge in [-0.25, -0.2) is 9.97 Å². The van der Waals surface area contributed by atoms with E-state index >= 15 is 0 Å². The fraction of sp³-hybridized carbons (Fsp3) is 0. The number of hydrogen-bond acceptors (Lipinski definition) is 8. The summed E-state index contributed by atoms with van der Waals surface area (Å²) in [7, 11) is 0. The standard InChI is InChI=1S/C18H10N4.2C10H8N2.Ru/c1-2-8-14-13(7-1)21-17-12-6-4-9-19-15(12)11-5-3-10-20-16(11)18(17)22-14;2*1-3-7-11-9(5-1)10-6-2-4-8-12-10;/h1-10H;2*1-8H;. The third-order valence-corrected chi connectivity index (χ3v) is 7.10. The molecule has 0 spiro atoms. The van der Waals surface area contributed by atoms with E-state index in [0.717, 1.165) is 66.6 Å². The summed E-state index contributed by atoms with van der Waals surface area (Å²) in [6.45, 7) is 0. The molecule has 0 atom stereocenters. The zero-order chi connectivity index (χ0) is 31.0. The maximum Gasteiger partial charge on any atom is 0.116 e. The van der Waals surface area contributed by atoms with Crippen molar-refractivity contribution in [3.8, 4) is 22.8 Å². The van der Waals surface area contributed by atoms with Crippen molar-refractivity contribution in [3.05, 3.63) is 159 Å². The Morgan fingerprint density at radius 2 is 0.638 bits per heavy atom. The number of para-hydroxylation sites is 2. The molecular formula is C38H26N8Ru. The van der Waals surface area contributed by atoms with Crippen LogP contribution in [-0.4, -0.2) is 39.9 Å². The number of nitrogens with zero attached hydrogens (tertiary/aromatic N) is 8. The van der Waals surface area contributed by atoms with Crippen LogP contribution in [0.15, 0.2) is 159 Å². The van der Waals surface area contributed by atoms with Crippen LogP contribution >= 0.6 is 0 Å². The minimum Gasteiger partial charge on any atom is -0.255 e. The molecule has 0 unspecified atom stereocenters. The molecule has 2 aromatic carbocycles. The Morgan fingerprint density at radius 3 is 1.06 bits per heavy atom. The smallest absolute Gasteiger partial charge is 0.116 e. The molecule has 0 bridgehead atoms. The predicted molar refractivity (Wildman–Crippen MR) is 183 cm³/mol. The molecule has 0 fully saturated rings. The van der Waals surface area contributed by atoms with Gasteiger partial charge >= 0.3 is 0 Å². The average Bonchev–Trinajstić information content (AvgIpc) is 3.16. The second-order valence-electron chi connectivity index (χ2n) is 10.1. The number of benzene rings is 2. The Balaban J connectivity index is 0.000000132. The SMILES string of the molecule is [Ru].c1ccc(-c2ccccn2)nc1.c1ccc(-c2ccccn2)nc1.c1ccc2nc3c4ncccc4c4ncccc4c3nc2c1. The van der Waals surface area contributed by atoms with E-state index in [9.17, 15) is 0 Å². The quantitative estimate of drug-likeness (QED) is 0.101. The van der Waals surface area contributed by atoms with Crippen LogP contribution in [0.3, 0.4) is 0 Å². The van der Waals surface area contributed by atoms with E-state index in [1.54, 1.807) is 37.2 Å². The second-order valence-corrected chi connectivity index (χ2v) is 10.1. The molecule has 0 aliphatic rings. The Morgan fingerprint density at radius 1 is 0.277 bits per heavy atom. The zero-order valence-corrected chi connectivity index (χ0v) is 26.7. The van der Waals surface area contributed by atoms with Gasteiger partial charge in [-0.2, -0.15) is 0 Å². The van der Waals surface area contributed by atoms with Crippen LogP contribution in [0.25, 0.3) is 66.6 Å². The summed E-state index contributed by atoms with van der Waals surface area (Å²) in [6, 6.07) is 39.0. The fourth-order valence-corrected chi connectivity index (χ4v) is 5.01. The molecule has 0 amide bonds. The predicted octanol–water partition coefficient (Wildman–Crippen LogP) is 8.16. The first-order valence-corrected chi connectivity index (χ1v) is 14.7. The molecule has 7 heterocycles. The maximum atomic E-state index is 4.81. The molecule has 0 saturated carbocycles. The molecule has 0 N–H and O–H groups in total. The van der Waals surface area contributed by atoms with Gasteiger partial charge < -0.3 is 0 Å². The van der Waals surface area contributed by atoms with Gasteiger partial charge in [0.05, 0.1) is 39.3 Å². The van der Waals surface area contributed by atoms with Gasteiger partial charge in [0.25, 0.3) is 0 Å². The molecule has 9 heteroatoms. The van der Waals surface area contributed by atoms with Crippen LogP contribution in [0.2, 0.25) is 0 Å². The first-order chi connectivity index (χ1) is 22.8. The van der Waals surface area contributed by atoms with Gasteiger partial charge in [0.15, 0.2) is 0 Å². The van der Waals surface area contributed by atoms with E-state index in [2.05, 4.69) is 29.9 Å². The third kappa shape index (κ3) is 7.01. The number of pyridine rings is 6. The van der Waals surface area contributed by atoms with Gasteiger partial charge in [-0.1, -0.05) is 36.4 Å². The van der Waals surface area contributed by atoms with Crippen LogP contribution < -0.4 is 0 Å². The molecular weight excluding hydrogens is 670 g/mol. The first kappa shape index (κ1) is 31.1. The molecule has 0 aliphatic heterocycles. The van der Waals surface area contributed by atoms with Gasteiger partial charge in [-0.05, 0) is 84.9 Å². The van der Waals surface area contributed by atoms with Crippen molar-refractivity contribution in [2.75, 3.05) is 0 Å². The molecule has 9 rings (SSSR count). The van der Waals surface area contributed by atoms with Gasteiger partial charge in [0, 0.05) is 67.4 Å². The van der Waals surface area contributed by atoms with E-state index in [-0.39, 0.29) is 19.5 Å². The summed E-state index contributed by atoms with van der Waals surface area (Å²) in [5.41, 5.74) is 8.88. The fourth-order valence-electron chi connectivity index (χ4n) is 5.01. The number of fused-ring (bicyclic) bond motifs is 7. The number of aromatic nitrogens is 8. The van der Waals surface area contributed by atoms with Crippen molar-refractivity contribution in [2.24, 2.45) is 0 Å². The van der Waals surface area contributed by atoms with E-state index in [4.69, 9.17) is 9.97 Å². The van der Waals surface area contributed by atoms with Crippen LogP contribution in [0.5, 0.6) is 0 Å². The normalized spacial score (nSPS) is 10.4. The van der Waals surface area contributed by atoms with Crippen molar-refractivity contribution in [2.45, 2.75) is 0 Å². The van der Waals surface area contributed by atoms with Crippen molar-refractivity contribution >= 4 is 43.9 Å². The molecule has 226 valence electrons. The maximum absolute atomic E-state index is 4.81. The molecule has 47 heavy (non-hydrogen) atoms. The van der Waals surface area contributed by atoms with E-state index in [1.807, 2.05) is 121 Å². The van der Waals surface area contributed by atoms with Crippen molar-refractivity contribution < 1.29 is 19.5 Å². The Bertz CT molecular complexity index is 2120. The van der Waals surface area contributed by atoms with E-state index in [1.165, 1.54) is 0 Å². The molecule has 7 aromatic heterocycles. The summed E-state index contributed by atoms with van der Waals surface area (Å²) in [6.07, 6.45) is 10.7. The summed E-state index contributed by atoms with van der Waals surface area (Å²) in [5.74, 6) is 0. The van der Waals surface area contributed by atoms with Crippen molar-refractivity contribution in [3.63, 3.8) is 0 Å². The summed E-state index contributed by atoms with van der Waals surface area (Å²) in [5, 5.41) is 2.02. The van der Waals surface area contributed by atoms with Gasteiger partial charge in [0.1, 0.15) is 16.6 Å². The largest absolute Gasteiger partial charge is 0.255 e. The minimum absolute atomic E-state index is 0. The summed E-state index contributed by atoms with van der Waals surface area (Å²) >= 11 is 0. The van der Waals surface area contributed by atoms with E-state index < -0.39 is 0 Å². The van der Waals surface area contributed by atoms with Gasteiger partial charge in [-0.15, -0.1) is 0 Å². The molecule has 0 radical (unpaired) electrons. The molecule has 0 aliphatic carbocycles. The number of hydrogen-bond donors (Lipinski definition) is 0. The Kier molecular flexibility index (Phi) is 9.86. The summed E-state index contributed by atoms with van der Waals surface area (Å²) in [4.78, 5) is 35.4.